The lowest BCUT2D eigenvalue weighted by Gasteiger charge is -2.05. The number of anilines is 1. The smallest absolute Gasteiger partial charge is 0.328 e. The first-order chi connectivity index (χ1) is 9.63. The molecule has 0 atom stereocenters. The van der Waals surface area contributed by atoms with Crippen molar-refractivity contribution in [3.63, 3.8) is 0 Å². The van der Waals surface area contributed by atoms with Crippen LogP contribution in [0, 0.1) is 0 Å². The topological polar surface area (TPSA) is 49.3 Å². The van der Waals surface area contributed by atoms with Gasteiger partial charge in [0.2, 0.25) is 0 Å². The zero-order valence-corrected chi connectivity index (χ0v) is 12.8. The van der Waals surface area contributed by atoms with Gasteiger partial charge in [0.25, 0.3) is 0 Å². The Morgan fingerprint density at radius 1 is 1.10 bits per heavy atom. The maximum atomic E-state index is 10.4. The van der Waals surface area contributed by atoms with Crippen LogP contribution in [-0.4, -0.2) is 11.1 Å². The van der Waals surface area contributed by atoms with Crippen LogP contribution in [0.4, 0.5) is 5.69 Å². The van der Waals surface area contributed by atoms with E-state index in [4.69, 9.17) is 5.11 Å². The molecule has 0 radical (unpaired) electrons. The Kier molecular flexibility index (Phi) is 5.26. The third kappa shape index (κ3) is 4.75. The quantitative estimate of drug-likeness (QED) is 0.608. The molecule has 0 fully saturated rings. The van der Waals surface area contributed by atoms with E-state index in [0.29, 0.717) is 0 Å². The average Bonchev–Trinajstić information content (AvgIpc) is 2.45. The summed E-state index contributed by atoms with van der Waals surface area (Å²) in [7, 11) is 0. The van der Waals surface area contributed by atoms with Crippen molar-refractivity contribution in [3.05, 3.63) is 64.6 Å². The molecule has 0 heterocycles. The molecule has 0 spiro atoms. The molecule has 0 saturated heterocycles. The molecule has 2 rings (SSSR count). The van der Waals surface area contributed by atoms with Gasteiger partial charge < -0.3 is 9.83 Å². The van der Waals surface area contributed by atoms with Crippen LogP contribution in [0.25, 0.3) is 6.08 Å². The Bertz CT molecular complexity index is 609. The summed E-state index contributed by atoms with van der Waals surface area (Å²) in [5.41, 5.74) is 1.88. The van der Waals surface area contributed by atoms with Gasteiger partial charge in [0.1, 0.15) is 0 Å². The summed E-state index contributed by atoms with van der Waals surface area (Å²) in [6.45, 7) is 0. The Morgan fingerprint density at radius 3 is 2.35 bits per heavy atom. The fraction of sp³-hybridized carbons (Fsp3) is 0. The molecular weight excluding hydrogens is 338 g/mol. The number of nitrogens with one attached hydrogen (secondary N) is 1. The van der Waals surface area contributed by atoms with Crippen molar-refractivity contribution in [2.75, 3.05) is 4.72 Å². The molecule has 5 heteroatoms. The molecule has 3 nitrogen and oxygen atoms in total. The van der Waals surface area contributed by atoms with Crippen molar-refractivity contribution in [3.8, 4) is 0 Å². The number of hydrogen-bond acceptors (Lipinski definition) is 3. The van der Waals surface area contributed by atoms with E-state index in [-0.39, 0.29) is 0 Å². The molecule has 2 N–H and O–H groups in total. The van der Waals surface area contributed by atoms with Gasteiger partial charge in [-0.3, -0.25) is 0 Å². The largest absolute Gasteiger partial charge is 0.478 e. The second-order valence-electron chi connectivity index (χ2n) is 3.95. The van der Waals surface area contributed by atoms with Gasteiger partial charge in [0, 0.05) is 21.1 Å². The van der Waals surface area contributed by atoms with Crippen molar-refractivity contribution in [1.29, 1.82) is 0 Å². The minimum Gasteiger partial charge on any atom is -0.478 e. The van der Waals surface area contributed by atoms with Gasteiger partial charge in [-0.25, -0.2) is 4.79 Å². The second-order valence-corrected chi connectivity index (χ2v) is 5.75. The monoisotopic (exact) mass is 349 g/mol. The number of carboxylic acid groups (broad SMARTS) is 1. The van der Waals surface area contributed by atoms with Crippen molar-refractivity contribution in [1.82, 2.24) is 0 Å². The number of carbonyl (C=O) groups is 1. The van der Waals surface area contributed by atoms with Gasteiger partial charge in [-0.05, 0) is 60.0 Å². The summed E-state index contributed by atoms with van der Waals surface area (Å²) in [6, 6.07) is 15.6. The van der Waals surface area contributed by atoms with Gasteiger partial charge in [-0.15, -0.1) is 0 Å². The van der Waals surface area contributed by atoms with E-state index in [2.05, 4.69) is 20.7 Å². The molecule has 20 heavy (non-hydrogen) atoms. The van der Waals surface area contributed by atoms with E-state index in [0.717, 1.165) is 26.7 Å². The second kappa shape index (κ2) is 7.17. The summed E-state index contributed by atoms with van der Waals surface area (Å²) in [5.74, 6) is -0.944. The van der Waals surface area contributed by atoms with E-state index in [1.54, 1.807) is 6.08 Å². The number of hydrogen-bond donors (Lipinski definition) is 2. The fourth-order valence-corrected chi connectivity index (χ4v) is 2.36. The van der Waals surface area contributed by atoms with Crippen LogP contribution in [0.5, 0.6) is 0 Å². The first kappa shape index (κ1) is 14.7. The molecule has 0 aliphatic heterocycles. The highest BCUT2D eigenvalue weighted by Crippen LogP contribution is 2.23. The lowest BCUT2D eigenvalue weighted by Crippen LogP contribution is -1.87. The number of benzene rings is 2. The van der Waals surface area contributed by atoms with E-state index >= 15 is 0 Å². The number of carboxylic acids is 1. The number of halogens is 1. The van der Waals surface area contributed by atoms with Crippen LogP contribution in [0.1, 0.15) is 5.56 Å². The van der Waals surface area contributed by atoms with Crippen molar-refractivity contribution >= 4 is 45.6 Å². The van der Waals surface area contributed by atoms with E-state index in [1.165, 1.54) is 11.9 Å². The van der Waals surface area contributed by atoms with Gasteiger partial charge in [0.05, 0.1) is 0 Å². The van der Waals surface area contributed by atoms with Crippen LogP contribution in [0.2, 0.25) is 0 Å². The normalized spacial score (nSPS) is 10.7. The Hall–Kier alpha value is -1.72. The minimum absolute atomic E-state index is 0.861. The van der Waals surface area contributed by atoms with Crippen molar-refractivity contribution in [2.45, 2.75) is 4.90 Å². The lowest BCUT2D eigenvalue weighted by atomic mass is 10.2. The predicted molar refractivity (Wildman–Crippen MR) is 86.7 cm³/mol. The van der Waals surface area contributed by atoms with Crippen LogP contribution < -0.4 is 4.72 Å². The van der Waals surface area contributed by atoms with Gasteiger partial charge >= 0.3 is 5.97 Å². The molecule has 0 aliphatic rings. The number of aliphatic carboxylic acids is 1. The summed E-state index contributed by atoms with van der Waals surface area (Å²) in [6.07, 6.45) is 2.70. The molecule has 2 aromatic carbocycles. The van der Waals surface area contributed by atoms with Crippen molar-refractivity contribution < 1.29 is 9.90 Å². The highest BCUT2D eigenvalue weighted by molar-refractivity contribution is 9.10. The summed E-state index contributed by atoms with van der Waals surface area (Å²) >= 11 is 4.90. The van der Waals surface area contributed by atoms with Crippen LogP contribution in [-0.2, 0) is 4.79 Å². The third-order valence-corrected chi connectivity index (χ3v) is 3.80. The number of rotatable bonds is 5. The minimum atomic E-state index is -0.944. The molecule has 0 bridgehead atoms. The fourth-order valence-electron chi connectivity index (χ4n) is 1.45. The maximum absolute atomic E-state index is 10.4. The first-order valence-corrected chi connectivity index (χ1v) is 7.44. The highest BCUT2D eigenvalue weighted by atomic mass is 79.9. The zero-order chi connectivity index (χ0) is 14.4. The first-order valence-electron chi connectivity index (χ1n) is 5.83. The Morgan fingerprint density at radius 2 is 1.75 bits per heavy atom. The highest BCUT2D eigenvalue weighted by Gasteiger charge is 1.96. The molecule has 2 aromatic rings. The molecule has 102 valence electrons. The SMILES string of the molecule is O=C(O)/C=C/c1ccc(SNc2ccc(Br)cc2)cc1. The maximum Gasteiger partial charge on any atom is 0.328 e. The van der Waals surface area contributed by atoms with Gasteiger partial charge in [-0.1, -0.05) is 28.1 Å². The predicted octanol–water partition coefficient (Wildman–Crippen LogP) is 4.67. The van der Waals surface area contributed by atoms with Crippen LogP contribution in [0.3, 0.4) is 0 Å². The molecule has 0 saturated carbocycles. The van der Waals surface area contributed by atoms with Crippen molar-refractivity contribution in [2.24, 2.45) is 0 Å². The Balaban J connectivity index is 1.93. The van der Waals surface area contributed by atoms with Crippen LogP contribution >= 0.6 is 27.9 Å². The molecule has 0 aliphatic carbocycles. The Labute approximate surface area is 130 Å². The van der Waals surface area contributed by atoms with E-state index in [9.17, 15) is 4.79 Å². The zero-order valence-electron chi connectivity index (χ0n) is 10.4. The molecule has 0 aromatic heterocycles. The summed E-state index contributed by atoms with van der Waals surface area (Å²) < 4.78 is 4.29. The third-order valence-electron chi connectivity index (χ3n) is 2.43. The van der Waals surface area contributed by atoms with Crippen LogP contribution in [0.15, 0.2) is 64.0 Å². The standard InChI is InChI=1S/C15H12BrNO2S/c16-12-4-6-13(7-5-12)17-20-14-8-1-11(2-9-14)3-10-15(18)19/h1-10,17H,(H,18,19)/b10-3+. The van der Waals surface area contributed by atoms with E-state index < -0.39 is 5.97 Å². The van der Waals surface area contributed by atoms with E-state index in [1.807, 2.05) is 48.5 Å². The summed E-state index contributed by atoms with van der Waals surface area (Å²) in [4.78, 5) is 11.5. The summed E-state index contributed by atoms with van der Waals surface area (Å²) in [5, 5.41) is 8.55. The van der Waals surface area contributed by atoms with Gasteiger partial charge in [-0.2, -0.15) is 0 Å². The van der Waals surface area contributed by atoms with Gasteiger partial charge in [0.15, 0.2) is 0 Å². The average molecular weight is 350 g/mol. The lowest BCUT2D eigenvalue weighted by molar-refractivity contribution is -0.131. The molecular formula is C15H12BrNO2S. The molecule has 0 amide bonds. The molecule has 0 unspecified atom stereocenters.